The Morgan fingerprint density at radius 3 is 2.21 bits per heavy atom. The molecule has 1 aliphatic heterocycles. The van der Waals surface area contributed by atoms with Crippen molar-refractivity contribution in [3.8, 4) is 22.6 Å². The highest BCUT2D eigenvalue weighted by Crippen LogP contribution is 2.27. The summed E-state index contributed by atoms with van der Waals surface area (Å²) in [6.07, 6.45) is 3.49. The zero-order chi connectivity index (χ0) is 22.9. The maximum atomic E-state index is 13.3. The summed E-state index contributed by atoms with van der Waals surface area (Å²) in [4.78, 5) is 18.3. The molecule has 8 heteroatoms. The molecular weight excluding hydrogens is 429 g/mol. The zero-order valence-corrected chi connectivity index (χ0v) is 18.4. The van der Waals surface area contributed by atoms with Crippen LogP contribution in [0.2, 0.25) is 0 Å². The van der Waals surface area contributed by atoms with Crippen molar-refractivity contribution < 1.29 is 4.39 Å². The Kier molecular flexibility index (Phi) is 5.10. The van der Waals surface area contributed by atoms with Gasteiger partial charge in [0.25, 0.3) is 5.78 Å². The molecule has 0 N–H and O–H groups in total. The minimum absolute atomic E-state index is 0.217. The molecule has 0 saturated carbocycles. The lowest BCUT2D eigenvalue weighted by atomic mass is 10.1. The Morgan fingerprint density at radius 1 is 0.735 bits per heavy atom. The van der Waals surface area contributed by atoms with Crippen LogP contribution < -0.4 is 9.80 Å². The van der Waals surface area contributed by atoms with E-state index in [0.717, 1.165) is 54.5 Å². The van der Waals surface area contributed by atoms with Gasteiger partial charge >= 0.3 is 0 Å². The average Bonchev–Trinajstić information content (AvgIpc) is 3.34. The van der Waals surface area contributed by atoms with Crippen molar-refractivity contribution in [1.82, 2.24) is 24.6 Å². The van der Waals surface area contributed by atoms with Gasteiger partial charge in [0.05, 0.1) is 5.69 Å². The third-order valence-corrected chi connectivity index (χ3v) is 6.08. The van der Waals surface area contributed by atoms with Gasteiger partial charge in [-0.15, -0.1) is 5.10 Å². The third kappa shape index (κ3) is 3.83. The van der Waals surface area contributed by atoms with Gasteiger partial charge in [0.2, 0.25) is 0 Å². The smallest absolute Gasteiger partial charge is 0.255 e. The largest absolute Gasteiger partial charge is 0.368 e. The Balaban J connectivity index is 1.38. The van der Waals surface area contributed by atoms with Crippen LogP contribution in [0.4, 0.5) is 15.9 Å². The average molecular weight is 452 g/mol. The molecule has 3 aromatic heterocycles. The molecule has 0 spiro atoms. The molecular formula is C26H22FN7. The summed E-state index contributed by atoms with van der Waals surface area (Å²) in [5, 5.41) is 4.79. The molecule has 1 aliphatic rings. The summed E-state index contributed by atoms with van der Waals surface area (Å²) in [5.74, 6) is 1.88. The van der Waals surface area contributed by atoms with E-state index >= 15 is 0 Å². The molecule has 168 valence electrons. The summed E-state index contributed by atoms with van der Waals surface area (Å²) in [6.45, 7) is 3.24. The van der Waals surface area contributed by atoms with Gasteiger partial charge in [0.1, 0.15) is 11.6 Å². The van der Waals surface area contributed by atoms with Gasteiger partial charge in [-0.2, -0.15) is 9.50 Å². The van der Waals surface area contributed by atoms with Crippen LogP contribution in [-0.4, -0.2) is 50.7 Å². The van der Waals surface area contributed by atoms with Crippen molar-refractivity contribution in [2.24, 2.45) is 0 Å². The normalized spacial score (nSPS) is 14.0. The van der Waals surface area contributed by atoms with Crippen molar-refractivity contribution in [2.45, 2.75) is 0 Å². The molecule has 0 amide bonds. The van der Waals surface area contributed by atoms with E-state index in [9.17, 15) is 4.39 Å². The lowest BCUT2D eigenvalue weighted by molar-refractivity contribution is 0.623. The van der Waals surface area contributed by atoms with Crippen LogP contribution in [0.25, 0.3) is 28.4 Å². The number of nitrogens with zero attached hydrogens (tertiary/aromatic N) is 7. The number of pyridine rings is 1. The first-order chi connectivity index (χ1) is 16.7. The Labute approximate surface area is 196 Å². The molecule has 0 unspecified atom stereocenters. The van der Waals surface area contributed by atoms with Crippen LogP contribution in [0.15, 0.2) is 85.2 Å². The molecule has 0 bridgehead atoms. The van der Waals surface area contributed by atoms with Crippen molar-refractivity contribution in [3.05, 3.63) is 91.0 Å². The standard InChI is InChI=1S/C26H22FN7/c27-21-8-10-22(11-9-21)32-13-15-33(16-14-32)24-17-23(19-5-2-1-3-6-19)29-26-30-25(31-34(24)26)20-7-4-12-28-18-20/h1-12,17-18H,13-16H2. The van der Waals surface area contributed by atoms with E-state index in [-0.39, 0.29) is 5.82 Å². The second-order valence-corrected chi connectivity index (χ2v) is 8.21. The van der Waals surface area contributed by atoms with Crippen molar-refractivity contribution >= 4 is 17.3 Å². The Morgan fingerprint density at radius 2 is 1.47 bits per heavy atom. The highest BCUT2D eigenvalue weighted by atomic mass is 19.1. The molecule has 6 rings (SSSR count). The van der Waals surface area contributed by atoms with Gasteiger partial charge in [-0.25, -0.2) is 9.37 Å². The van der Waals surface area contributed by atoms with E-state index in [0.29, 0.717) is 11.6 Å². The fraction of sp³-hybridized carbons (Fsp3) is 0.154. The fourth-order valence-electron chi connectivity index (χ4n) is 4.30. The van der Waals surface area contributed by atoms with Crippen LogP contribution >= 0.6 is 0 Å². The molecule has 1 saturated heterocycles. The topological polar surface area (TPSA) is 62.5 Å². The van der Waals surface area contributed by atoms with Crippen molar-refractivity contribution in [3.63, 3.8) is 0 Å². The van der Waals surface area contributed by atoms with Crippen LogP contribution in [0.3, 0.4) is 0 Å². The van der Waals surface area contributed by atoms with Gasteiger partial charge in [-0.05, 0) is 36.4 Å². The van der Waals surface area contributed by atoms with Crippen LogP contribution in [0.5, 0.6) is 0 Å². The molecule has 5 aromatic rings. The number of piperazine rings is 1. The Hall–Kier alpha value is -4.33. The minimum atomic E-state index is -0.217. The second-order valence-electron chi connectivity index (χ2n) is 8.21. The van der Waals surface area contributed by atoms with Gasteiger partial charge in [-0.3, -0.25) is 4.98 Å². The zero-order valence-electron chi connectivity index (χ0n) is 18.4. The first-order valence-corrected chi connectivity index (χ1v) is 11.2. The predicted molar refractivity (Wildman–Crippen MR) is 130 cm³/mol. The number of benzene rings is 2. The Bertz CT molecular complexity index is 1410. The maximum Gasteiger partial charge on any atom is 0.255 e. The quantitative estimate of drug-likeness (QED) is 0.406. The maximum absolute atomic E-state index is 13.3. The van der Waals surface area contributed by atoms with E-state index in [1.807, 2.05) is 59.1 Å². The van der Waals surface area contributed by atoms with Gasteiger partial charge in [0, 0.05) is 61.5 Å². The first-order valence-electron chi connectivity index (χ1n) is 11.2. The SMILES string of the molecule is Fc1ccc(N2CCN(c3cc(-c4ccccc4)nc4nc(-c5cccnc5)nn34)CC2)cc1. The number of aromatic nitrogens is 5. The lowest BCUT2D eigenvalue weighted by Gasteiger charge is -2.37. The number of hydrogen-bond donors (Lipinski definition) is 0. The van der Waals surface area contributed by atoms with Gasteiger partial charge < -0.3 is 9.80 Å². The van der Waals surface area contributed by atoms with E-state index in [2.05, 4.69) is 20.9 Å². The molecule has 34 heavy (non-hydrogen) atoms. The summed E-state index contributed by atoms with van der Waals surface area (Å²) in [5.41, 5.74) is 3.77. The lowest BCUT2D eigenvalue weighted by Crippen LogP contribution is -2.47. The van der Waals surface area contributed by atoms with Crippen molar-refractivity contribution in [1.29, 1.82) is 0 Å². The van der Waals surface area contributed by atoms with E-state index < -0.39 is 0 Å². The second kappa shape index (κ2) is 8.55. The van der Waals surface area contributed by atoms with E-state index in [4.69, 9.17) is 15.1 Å². The number of halogens is 1. The highest BCUT2D eigenvalue weighted by molar-refractivity contribution is 5.67. The number of fused-ring (bicyclic) bond motifs is 1. The van der Waals surface area contributed by atoms with E-state index in [1.54, 1.807) is 12.4 Å². The third-order valence-electron chi connectivity index (χ3n) is 6.08. The van der Waals surface area contributed by atoms with Crippen LogP contribution in [0, 0.1) is 5.82 Å². The van der Waals surface area contributed by atoms with Crippen LogP contribution in [0.1, 0.15) is 0 Å². The van der Waals surface area contributed by atoms with Crippen molar-refractivity contribution in [2.75, 3.05) is 36.0 Å². The molecule has 7 nitrogen and oxygen atoms in total. The first kappa shape index (κ1) is 20.3. The summed E-state index contributed by atoms with van der Waals surface area (Å²) in [7, 11) is 0. The molecule has 0 atom stereocenters. The summed E-state index contributed by atoms with van der Waals surface area (Å²) in [6, 6.07) is 22.7. The fourth-order valence-corrected chi connectivity index (χ4v) is 4.30. The molecule has 0 aliphatic carbocycles. The number of anilines is 2. The monoisotopic (exact) mass is 451 g/mol. The summed E-state index contributed by atoms with van der Waals surface area (Å²) >= 11 is 0. The molecule has 1 fully saturated rings. The number of rotatable bonds is 4. The molecule has 0 radical (unpaired) electrons. The summed E-state index contributed by atoms with van der Waals surface area (Å²) < 4.78 is 15.2. The number of hydrogen-bond acceptors (Lipinski definition) is 6. The van der Waals surface area contributed by atoms with Crippen LogP contribution in [-0.2, 0) is 0 Å². The van der Waals surface area contributed by atoms with Gasteiger partial charge in [0.15, 0.2) is 5.82 Å². The van der Waals surface area contributed by atoms with E-state index in [1.165, 1.54) is 12.1 Å². The molecule has 2 aromatic carbocycles. The molecule has 4 heterocycles. The minimum Gasteiger partial charge on any atom is -0.368 e. The highest BCUT2D eigenvalue weighted by Gasteiger charge is 2.22. The van der Waals surface area contributed by atoms with Gasteiger partial charge in [-0.1, -0.05) is 30.3 Å². The predicted octanol–water partition coefficient (Wildman–Crippen LogP) is 4.32.